The molecule has 1 aliphatic rings. The van der Waals surface area contributed by atoms with Crippen molar-refractivity contribution in [2.45, 2.75) is 26.2 Å². The van der Waals surface area contributed by atoms with Gasteiger partial charge in [-0.25, -0.2) is 4.99 Å². The first kappa shape index (κ1) is 16.7. The van der Waals surface area contributed by atoms with Crippen molar-refractivity contribution in [2.24, 2.45) is 16.6 Å². The standard InChI is InChI=1S/C12H23N3O.HI/c1-10(2)8-15-12(13)14-6-3-7-16-9-11-4-5-11;/h11H,1,3-9H2,2H3,(H3,13,14,15);1H. The zero-order valence-corrected chi connectivity index (χ0v) is 12.9. The number of nitrogens with zero attached hydrogens (tertiary/aromatic N) is 1. The van der Waals surface area contributed by atoms with Crippen LogP contribution in [-0.2, 0) is 4.74 Å². The molecule has 0 saturated heterocycles. The van der Waals surface area contributed by atoms with Gasteiger partial charge in [-0.15, -0.1) is 24.0 Å². The van der Waals surface area contributed by atoms with Crippen LogP contribution in [0.25, 0.3) is 0 Å². The van der Waals surface area contributed by atoms with E-state index in [1.165, 1.54) is 12.8 Å². The largest absolute Gasteiger partial charge is 0.381 e. The van der Waals surface area contributed by atoms with Gasteiger partial charge in [0.2, 0.25) is 0 Å². The highest BCUT2D eigenvalue weighted by atomic mass is 127. The molecule has 0 bridgehead atoms. The quantitative estimate of drug-likeness (QED) is 0.230. The average molecular weight is 353 g/mol. The molecule has 1 fully saturated rings. The van der Waals surface area contributed by atoms with Crippen LogP contribution in [0.4, 0.5) is 0 Å². The minimum absolute atomic E-state index is 0. The molecule has 0 aliphatic heterocycles. The molecule has 0 aromatic carbocycles. The van der Waals surface area contributed by atoms with E-state index in [0.717, 1.165) is 37.7 Å². The Hall–Kier alpha value is -0.300. The number of halogens is 1. The number of hydrogen-bond donors (Lipinski definition) is 2. The van der Waals surface area contributed by atoms with Crippen molar-refractivity contribution in [3.8, 4) is 0 Å². The van der Waals surface area contributed by atoms with E-state index in [9.17, 15) is 0 Å². The molecule has 100 valence electrons. The summed E-state index contributed by atoms with van der Waals surface area (Å²) in [7, 11) is 0. The lowest BCUT2D eigenvalue weighted by atomic mass is 10.4. The van der Waals surface area contributed by atoms with Gasteiger partial charge in [0.25, 0.3) is 0 Å². The maximum atomic E-state index is 5.65. The maximum absolute atomic E-state index is 5.65. The summed E-state index contributed by atoms with van der Waals surface area (Å²) in [6.45, 7) is 8.84. The Morgan fingerprint density at radius 2 is 2.24 bits per heavy atom. The highest BCUT2D eigenvalue weighted by molar-refractivity contribution is 14.0. The Morgan fingerprint density at radius 1 is 1.53 bits per heavy atom. The fourth-order valence-electron chi connectivity index (χ4n) is 1.20. The van der Waals surface area contributed by atoms with Gasteiger partial charge in [-0.2, -0.15) is 0 Å². The number of hydrogen-bond acceptors (Lipinski definition) is 2. The molecule has 0 unspecified atom stereocenters. The summed E-state index contributed by atoms with van der Waals surface area (Å²) >= 11 is 0. The number of ether oxygens (including phenoxy) is 1. The van der Waals surface area contributed by atoms with Gasteiger partial charge in [-0.05, 0) is 32.1 Å². The summed E-state index contributed by atoms with van der Waals surface area (Å²) in [6, 6.07) is 0. The van der Waals surface area contributed by atoms with Gasteiger partial charge in [0.15, 0.2) is 5.96 Å². The lowest BCUT2D eigenvalue weighted by Gasteiger charge is -2.06. The van der Waals surface area contributed by atoms with E-state index in [4.69, 9.17) is 10.5 Å². The molecule has 4 nitrogen and oxygen atoms in total. The Bertz CT molecular complexity index is 252. The van der Waals surface area contributed by atoms with Crippen molar-refractivity contribution in [3.63, 3.8) is 0 Å². The van der Waals surface area contributed by atoms with Crippen molar-refractivity contribution >= 4 is 29.9 Å². The van der Waals surface area contributed by atoms with E-state index in [1.54, 1.807) is 0 Å². The van der Waals surface area contributed by atoms with Crippen LogP contribution < -0.4 is 11.1 Å². The minimum atomic E-state index is 0. The Balaban J connectivity index is 0.00000256. The first-order chi connectivity index (χ1) is 7.68. The fourth-order valence-corrected chi connectivity index (χ4v) is 1.20. The fraction of sp³-hybridized carbons (Fsp3) is 0.750. The van der Waals surface area contributed by atoms with Crippen LogP contribution in [0.1, 0.15) is 26.2 Å². The highest BCUT2D eigenvalue weighted by Gasteiger charge is 2.20. The number of nitrogens with two attached hydrogens (primary N) is 1. The Kier molecular flexibility index (Phi) is 9.53. The lowest BCUT2D eigenvalue weighted by molar-refractivity contribution is 0.123. The van der Waals surface area contributed by atoms with Gasteiger partial charge in [-0.1, -0.05) is 12.2 Å². The van der Waals surface area contributed by atoms with Crippen LogP contribution in [-0.4, -0.2) is 32.3 Å². The lowest BCUT2D eigenvalue weighted by Crippen LogP contribution is -2.33. The van der Waals surface area contributed by atoms with Crippen LogP contribution in [0, 0.1) is 5.92 Å². The second kappa shape index (κ2) is 9.70. The van der Waals surface area contributed by atoms with E-state index in [2.05, 4.69) is 16.9 Å². The van der Waals surface area contributed by atoms with E-state index in [1.807, 2.05) is 6.92 Å². The first-order valence-corrected chi connectivity index (χ1v) is 5.94. The SMILES string of the molecule is C=C(C)CN=C(N)NCCCOCC1CC1.I. The third-order valence-corrected chi connectivity index (χ3v) is 2.34. The molecule has 0 spiro atoms. The average Bonchev–Trinajstić information content (AvgIpc) is 3.04. The molecule has 1 aliphatic carbocycles. The molecule has 3 N–H and O–H groups in total. The second-order valence-corrected chi connectivity index (χ2v) is 4.46. The minimum Gasteiger partial charge on any atom is -0.381 e. The number of rotatable bonds is 8. The third-order valence-electron chi connectivity index (χ3n) is 2.34. The summed E-state index contributed by atoms with van der Waals surface area (Å²) in [4.78, 5) is 4.12. The van der Waals surface area contributed by atoms with Crippen molar-refractivity contribution < 1.29 is 4.74 Å². The summed E-state index contributed by atoms with van der Waals surface area (Å²) in [5, 5.41) is 3.05. The zero-order chi connectivity index (χ0) is 11.8. The third kappa shape index (κ3) is 10.6. The molecular formula is C12H24IN3O. The van der Waals surface area contributed by atoms with E-state index >= 15 is 0 Å². The summed E-state index contributed by atoms with van der Waals surface area (Å²) in [5.74, 6) is 1.33. The van der Waals surface area contributed by atoms with Crippen LogP contribution in [0.2, 0.25) is 0 Å². The van der Waals surface area contributed by atoms with Gasteiger partial charge in [-0.3, -0.25) is 0 Å². The molecule has 1 rings (SSSR count). The summed E-state index contributed by atoms with van der Waals surface area (Å²) in [6.07, 6.45) is 3.66. The molecule has 1 saturated carbocycles. The second-order valence-electron chi connectivity index (χ2n) is 4.46. The first-order valence-electron chi connectivity index (χ1n) is 5.94. The molecule has 5 heteroatoms. The molecule has 0 heterocycles. The normalized spacial score (nSPS) is 15.2. The highest BCUT2D eigenvalue weighted by Crippen LogP contribution is 2.28. The monoisotopic (exact) mass is 353 g/mol. The van der Waals surface area contributed by atoms with Crippen molar-refractivity contribution in [1.82, 2.24) is 5.32 Å². The topological polar surface area (TPSA) is 59.6 Å². The molecule has 0 atom stereocenters. The van der Waals surface area contributed by atoms with Gasteiger partial charge in [0.05, 0.1) is 6.54 Å². The zero-order valence-electron chi connectivity index (χ0n) is 10.6. The van der Waals surface area contributed by atoms with Gasteiger partial charge < -0.3 is 15.8 Å². The van der Waals surface area contributed by atoms with Gasteiger partial charge in [0, 0.05) is 19.8 Å². The van der Waals surface area contributed by atoms with E-state index < -0.39 is 0 Å². The van der Waals surface area contributed by atoms with Crippen molar-refractivity contribution in [1.29, 1.82) is 0 Å². The van der Waals surface area contributed by atoms with Crippen LogP contribution in [0.15, 0.2) is 17.1 Å². The van der Waals surface area contributed by atoms with E-state index in [0.29, 0.717) is 12.5 Å². The van der Waals surface area contributed by atoms with Crippen molar-refractivity contribution in [2.75, 3.05) is 26.3 Å². The number of guanidine groups is 1. The molecule has 0 radical (unpaired) electrons. The molecule has 17 heavy (non-hydrogen) atoms. The molecular weight excluding hydrogens is 329 g/mol. The summed E-state index contributed by atoms with van der Waals surface area (Å²) < 4.78 is 5.50. The van der Waals surface area contributed by atoms with Crippen molar-refractivity contribution in [3.05, 3.63) is 12.2 Å². The Morgan fingerprint density at radius 3 is 2.82 bits per heavy atom. The smallest absolute Gasteiger partial charge is 0.188 e. The predicted octanol–water partition coefficient (Wildman–Crippen LogP) is 1.90. The molecule has 0 amide bonds. The van der Waals surface area contributed by atoms with Crippen LogP contribution in [0.3, 0.4) is 0 Å². The summed E-state index contributed by atoms with van der Waals surface area (Å²) in [5.41, 5.74) is 6.66. The van der Waals surface area contributed by atoms with Crippen LogP contribution >= 0.6 is 24.0 Å². The molecule has 0 aromatic heterocycles. The Labute approximate surface area is 121 Å². The predicted molar refractivity (Wildman–Crippen MR) is 82.9 cm³/mol. The van der Waals surface area contributed by atoms with Crippen LogP contribution in [0.5, 0.6) is 0 Å². The van der Waals surface area contributed by atoms with E-state index in [-0.39, 0.29) is 24.0 Å². The van der Waals surface area contributed by atoms with Gasteiger partial charge in [0.1, 0.15) is 0 Å². The maximum Gasteiger partial charge on any atom is 0.188 e. The molecule has 0 aromatic rings. The number of nitrogens with one attached hydrogen (secondary N) is 1. The van der Waals surface area contributed by atoms with Gasteiger partial charge >= 0.3 is 0 Å². The number of aliphatic imine (C=N–C) groups is 1.